The molecular formula is C11H15N3O5S. The molecule has 0 saturated carbocycles. The van der Waals surface area contributed by atoms with Crippen LogP contribution in [0.1, 0.15) is 23.8 Å². The molecule has 1 unspecified atom stereocenters. The summed E-state index contributed by atoms with van der Waals surface area (Å²) in [4.78, 5) is 24.0. The number of carbonyl (C=O) groups is 2. The molecule has 0 aliphatic carbocycles. The number of rotatable bonds is 4. The van der Waals surface area contributed by atoms with Crippen molar-refractivity contribution in [1.29, 1.82) is 0 Å². The third kappa shape index (κ3) is 2.83. The Balaban J connectivity index is 2.15. The predicted molar refractivity (Wildman–Crippen MR) is 68.7 cm³/mol. The highest BCUT2D eigenvalue weighted by atomic mass is 32.2. The number of aromatic nitrogens is 1. The van der Waals surface area contributed by atoms with Crippen molar-refractivity contribution in [3.8, 4) is 0 Å². The molecule has 1 fully saturated rings. The summed E-state index contributed by atoms with van der Waals surface area (Å²) < 4.78 is 25.8. The van der Waals surface area contributed by atoms with E-state index < -0.39 is 16.0 Å². The Labute approximate surface area is 115 Å². The Bertz CT molecular complexity index is 636. The van der Waals surface area contributed by atoms with Gasteiger partial charge in [0.05, 0.1) is 0 Å². The summed E-state index contributed by atoms with van der Waals surface area (Å²) in [6.45, 7) is 1.86. The number of hydrogen-bond acceptors (Lipinski definition) is 4. The van der Waals surface area contributed by atoms with Crippen molar-refractivity contribution >= 4 is 21.9 Å². The number of sulfonamides is 1. The Kier molecular flexibility index (Phi) is 3.82. The average Bonchev–Trinajstić information content (AvgIpc) is 2.95. The van der Waals surface area contributed by atoms with E-state index in [9.17, 15) is 18.0 Å². The zero-order valence-corrected chi connectivity index (χ0v) is 11.6. The summed E-state index contributed by atoms with van der Waals surface area (Å²) in [5.41, 5.74) is -0.179. The second kappa shape index (κ2) is 5.25. The number of aromatic carboxylic acids is 1. The van der Waals surface area contributed by atoms with Gasteiger partial charge >= 0.3 is 5.97 Å². The van der Waals surface area contributed by atoms with Gasteiger partial charge in [-0.2, -0.15) is 4.31 Å². The molecule has 20 heavy (non-hydrogen) atoms. The second-order valence-electron chi connectivity index (χ2n) is 4.60. The van der Waals surface area contributed by atoms with Gasteiger partial charge in [0.15, 0.2) is 0 Å². The van der Waals surface area contributed by atoms with Gasteiger partial charge < -0.3 is 15.4 Å². The van der Waals surface area contributed by atoms with E-state index in [1.807, 2.05) is 0 Å². The normalized spacial score (nSPS) is 19.9. The van der Waals surface area contributed by atoms with Crippen LogP contribution in [0.2, 0.25) is 0 Å². The lowest BCUT2D eigenvalue weighted by molar-refractivity contribution is -0.119. The molecule has 2 heterocycles. The van der Waals surface area contributed by atoms with Crippen molar-refractivity contribution in [3.05, 3.63) is 18.0 Å². The number of carbonyl (C=O) groups excluding carboxylic acids is 1. The first kappa shape index (κ1) is 14.5. The van der Waals surface area contributed by atoms with Gasteiger partial charge in [-0.3, -0.25) is 4.79 Å². The highest BCUT2D eigenvalue weighted by Gasteiger charge is 2.33. The monoisotopic (exact) mass is 301 g/mol. The Morgan fingerprint density at radius 1 is 1.50 bits per heavy atom. The van der Waals surface area contributed by atoms with Crippen LogP contribution >= 0.6 is 0 Å². The summed E-state index contributed by atoms with van der Waals surface area (Å²) in [5, 5.41) is 11.5. The number of H-pyrrole nitrogens is 1. The Morgan fingerprint density at radius 3 is 2.75 bits per heavy atom. The van der Waals surface area contributed by atoms with Crippen LogP contribution in [0.15, 0.2) is 17.2 Å². The fraction of sp³-hybridized carbons (Fsp3) is 0.455. The number of carboxylic acids is 1. The van der Waals surface area contributed by atoms with E-state index in [1.165, 1.54) is 11.2 Å². The highest BCUT2D eigenvalue weighted by molar-refractivity contribution is 7.89. The molecule has 3 N–H and O–H groups in total. The molecule has 1 aliphatic rings. The number of aromatic amines is 1. The number of nitrogens with one attached hydrogen (secondary N) is 2. The standard InChI is InChI=1S/C11H15N3O5S/c1-7(15)13-8-2-3-14(6-8)20(18,19)9-4-10(11(16)17)12-5-9/h4-5,8,12H,2-3,6H2,1H3,(H,13,15)(H,16,17). The quantitative estimate of drug-likeness (QED) is 0.700. The highest BCUT2D eigenvalue weighted by Crippen LogP contribution is 2.21. The van der Waals surface area contributed by atoms with E-state index in [2.05, 4.69) is 10.3 Å². The average molecular weight is 301 g/mol. The molecule has 0 spiro atoms. The first-order chi connectivity index (χ1) is 9.30. The molecule has 110 valence electrons. The minimum absolute atomic E-state index is 0.0848. The summed E-state index contributed by atoms with van der Waals surface area (Å²) in [5.74, 6) is -1.42. The minimum atomic E-state index is -3.73. The van der Waals surface area contributed by atoms with Crippen LogP contribution < -0.4 is 5.32 Å². The molecule has 0 radical (unpaired) electrons. The lowest BCUT2D eigenvalue weighted by Gasteiger charge is -2.15. The summed E-state index contributed by atoms with van der Waals surface area (Å²) >= 11 is 0. The third-order valence-corrected chi connectivity index (χ3v) is 4.93. The van der Waals surface area contributed by atoms with Gasteiger partial charge in [0.25, 0.3) is 0 Å². The predicted octanol–water partition coefficient (Wildman–Crippen LogP) is -0.388. The van der Waals surface area contributed by atoms with Crippen molar-refractivity contribution in [2.45, 2.75) is 24.3 Å². The Morgan fingerprint density at radius 2 is 2.20 bits per heavy atom. The van der Waals surface area contributed by atoms with Gasteiger partial charge in [-0.25, -0.2) is 13.2 Å². The molecule has 1 aromatic rings. The molecule has 8 nitrogen and oxygen atoms in total. The van der Waals surface area contributed by atoms with Gasteiger partial charge in [-0.05, 0) is 12.5 Å². The van der Waals surface area contributed by atoms with Crippen LogP contribution in [-0.2, 0) is 14.8 Å². The molecule has 1 amide bonds. The van der Waals surface area contributed by atoms with Crippen LogP contribution in [0.3, 0.4) is 0 Å². The SMILES string of the molecule is CC(=O)NC1CCN(S(=O)(=O)c2c[nH]c(C(=O)O)c2)C1. The Hall–Kier alpha value is -1.87. The maximum atomic E-state index is 12.3. The van der Waals surface area contributed by atoms with E-state index in [4.69, 9.17) is 5.11 Å². The zero-order chi connectivity index (χ0) is 14.9. The summed E-state index contributed by atoms with van der Waals surface area (Å²) in [6, 6.07) is 0.879. The van der Waals surface area contributed by atoms with Crippen molar-refractivity contribution in [2.75, 3.05) is 13.1 Å². The number of hydrogen-bond donors (Lipinski definition) is 3. The molecule has 1 saturated heterocycles. The van der Waals surface area contributed by atoms with E-state index in [1.54, 1.807) is 0 Å². The number of carboxylic acid groups (broad SMARTS) is 1. The first-order valence-electron chi connectivity index (χ1n) is 5.99. The van der Waals surface area contributed by atoms with Gasteiger partial charge in [-0.1, -0.05) is 0 Å². The van der Waals surface area contributed by atoms with E-state index >= 15 is 0 Å². The zero-order valence-electron chi connectivity index (χ0n) is 10.8. The molecule has 0 aromatic carbocycles. The molecular weight excluding hydrogens is 286 g/mol. The van der Waals surface area contributed by atoms with Crippen molar-refractivity contribution in [2.24, 2.45) is 0 Å². The minimum Gasteiger partial charge on any atom is -0.477 e. The summed E-state index contributed by atoms with van der Waals surface area (Å²) in [7, 11) is -3.73. The molecule has 1 atom stereocenters. The number of nitrogens with zero attached hydrogens (tertiary/aromatic N) is 1. The fourth-order valence-electron chi connectivity index (χ4n) is 2.15. The smallest absolute Gasteiger partial charge is 0.352 e. The fourth-order valence-corrected chi connectivity index (χ4v) is 3.64. The van der Waals surface area contributed by atoms with Crippen molar-refractivity contribution in [1.82, 2.24) is 14.6 Å². The van der Waals surface area contributed by atoms with Crippen LogP contribution in [0.25, 0.3) is 0 Å². The van der Waals surface area contributed by atoms with Crippen molar-refractivity contribution in [3.63, 3.8) is 0 Å². The molecule has 2 rings (SSSR count). The topological polar surface area (TPSA) is 120 Å². The first-order valence-corrected chi connectivity index (χ1v) is 7.43. The number of amides is 1. The van der Waals surface area contributed by atoms with E-state index in [-0.39, 0.29) is 29.1 Å². The van der Waals surface area contributed by atoms with E-state index in [0.29, 0.717) is 13.0 Å². The summed E-state index contributed by atoms with van der Waals surface area (Å²) in [6.07, 6.45) is 1.69. The second-order valence-corrected chi connectivity index (χ2v) is 6.54. The largest absolute Gasteiger partial charge is 0.477 e. The van der Waals surface area contributed by atoms with Gasteiger partial charge in [0, 0.05) is 32.3 Å². The van der Waals surface area contributed by atoms with Gasteiger partial charge in [-0.15, -0.1) is 0 Å². The van der Waals surface area contributed by atoms with Crippen molar-refractivity contribution < 1.29 is 23.1 Å². The van der Waals surface area contributed by atoms with Gasteiger partial charge in [0.2, 0.25) is 15.9 Å². The van der Waals surface area contributed by atoms with Crippen LogP contribution in [0, 0.1) is 0 Å². The molecule has 1 aliphatic heterocycles. The molecule has 0 bridgehead atoms. The van der Waals surface area contributed by atoms with E-state index in [0.717, 1.165) is 12.3 Å². The molecule has 1 aromatic heterocycles. The van der Waals surface area contributed by atoms with Crippen LogP contribution in [0.4, 0.5) is 0 Å². The van der Waals surface area contributed by atoms with Gasteiger partial charge in [0.1, 0.15) is 10.6 Å². The third-order valence-electron chi connectivity index (χ3n) is 3.08. The molecule has 9 heteroatoms. The maximum absolute atomic E-state index is 12.3. The maximum Gasteiger partial charge on any atom is 0.352 e. The van der Waals surface area contributed by atoms with Crippen LogP contribution in [0.5, 0.6) is 0 Å². The van der Waals surface area contributed by atoms with Crippen LogP contribution in [-0.4, -0.2) is 53.8 Å². The lowest BCUT2D eigenvalue weighted by Crippen LogP contribution is -2.37. The lowest BCUT2D eigenvalue weighted by atomic mass is 10.3.